The van der Waals surface area contributed by atoms with Crippen LogP contribution in [0.4, 0.5) is 0 Å². The molecule has 0 radical (unpaired) electrons. The topological polar surface area (TPSA) is 9.23 Å². The van der Waals surface area contributed by atoms with Gasteiger partial charge in [-0.15, -0.1) is 0 Å². The van der Waals surface area contributed by atoms with Crippen LogP contribution < -0.4 is 4.74 Å². The Morgan fingerprint density at radius 1 is 0.893 bits per heavy atom. The monoisotopic (exact) mass is 380 g/mol. The zero-order chi connectivity index (χ0) is 19.6. The van der Waals surface area contributed by atoms with Crippen molar-refractivity contribution in [3.8, 4) is 5.75 Å². The first-order valence-electron chi connectivity index (χ1n) is 11.8. The third kappa shape index (κ3) is 6.54. The number of hydrogen-bond acceptors (Lipinski definition) is 1. The van der Waals surface area contributed by atoms with E-state index < -0.39 is 0 Å². The second-order valence-corrected chi connectivity index (χ2v) is 9.02. The van der Waals surface area contributed by atoms with Gasteiger partial charge in [0.25, 0.3) is 0 Å². The molecule has 0 bridgehead atoms. The molecule has 3 rings (SSSR count). The largest absolute Gasteiger partial charge is 0.493 e. The van der Waals surface area contributed by atoms with Gasteiger partial charge >= 0.3 is 0 Å². The van der Waals surface area contributed by atoms with E-state index in [1.807, 2.05) is 0 Å². The third-order valence-electron chi connectivity index (χ3n) is 6.82. The molecule has 28 heavy (non-hydrogen) atoms. The minimum absolute atomic E-state index is 0.568. The van der Waals surface area contributed by atoms with Gasteiger partial charge in [0.2, 0.25) is 0 Å². The van der Waals surface area contributed by atoms with Gasteiger partial charge in [-0.1, -0.05) is 81.9 Å². The first-order chi connectivity index (χ1) is 13.8. The Kier molecular flexibility index (Phi) is 8.70. The maximum Gasteiger partial charge on any atom is 0.119 e. The predicted octanol–water partition coefficient (Wildman–Crippen LogP) is 8.08. The van der Waals surface area contributed by atoms with Crippen LogP contribution in [0.25, 0.3) is 0 Å². The van der Waals surface area contributed by atoms with Crippen molar-refractivity contribution in [1.29, 1.82) is 0 Å². The van der Waals surface area contributed by atoms with Gasteiger partial charge in [-0.05, 0) is 68.1 Å². The number of hydrogen-bond donors (Lipinski definition) is 0. The molecule has 1 fully saturated rings. The number of benzene rings is 1. The van der Waals surface area contributed by atoms with Crippen LogP contribution in [0.2, 0.25) is 0 Å². The molecule has 2 aliphatic carbocycles. The molecule has 1 nitrogen and oxygen atoms in total. The molecule has 1 aromatic rings. The summed E-state index contributed by atoms with van der Waals surface area (Å²) in [6.07, 6.45) is 22.9. The van der Waals surface area contributed by atoms with Crippen LogP contribution in [0.3, 0.4) is 0 Å². The van der Waals surface area contributed by atoms with Gasteiger partial charge in [0.1, 0.15) is 5.75 Å². The summed E-state index contributed by atoms with van der Waals surface area (Å²) < 4.78 is 6.14. The molecular weight excluding hydrogens is 340 g/mol. The highest BCUT2D eigenvalue weighted by molar-refractivity contribution is 5.32. The molecule has 0 aromatic heterocycles. The maximum atomic E-state index is 6.14. The van der Waals surface area contributed by atoms with Gasteiger partial charge in [0.05, 0.1) is 6.61 Å². The summed E-state index contributed by atoms with van der Waals surface area (Å²) >= 11 is 0. The van der Waals surface area contributed by atoms with E-state index in [2.05, 4.69) is 62.4 Å². The van der Waals surface area contributed by atoms with Gasteiger partial charge < -0.3 is 4.74 Å². The van der Waals surface area contributed by atoms with Crippen LogP contribution in [0, 0.1) is 17.8 Å². The highest BCUT2D eigenvalue weighted by Gasteiger charge is 2.21. The lowest BCUT2D eigenvalue weighted by Crippen LogP contribution is -2.20. The lowest BCUT2D eigenvalue weighted by atomic mass is 9.80. The first-order valence-corrected chi connectivity index (χ1v) is 11.8. The van der Waals surface area contributed by atoms with E-state index in [0.29, 0.717) is 11.8 Å². The highest BCUT2D eigenvalue weighted by Crippen LogP contribution is 2.34. The summed E-state index contributed by atoms with van der Waals surface area (Å²) in [4.78, 5) is 0. The quantitative estimate of drug-likeness (QED) is 0.311. The van der Waals surface area contributed by atoms with Crippen LogP contribution >= 0.6 is 0 Å². The molecule has 2 aliphatic rings. The van der Waals surface area contributed by atoms with Crippen LogP contribution in [0.1, 0.15) is 89.5 Å². The van der Waals surface area contributed by atoms with E-state index in [0.717, 1.165) is 24.2 Å². The summed E-state index contributed by atoms with van der Waals surface area (Å²) in [7, 11) is 0. The molecule has 0 spiro atoms. The smallest absolute Gasteiger partial charge is 0.119 e. The molecule has 154 valence electrons. The van der Waals surface area contributed by atoms with Gasteiger partial charge in [0, 0.05) is 5.92 Å². The van der Waals surface area contributed by atoms with Gasteiger partial charge in [-0.2, -0.15) is 0 Å². The Hall–Kier alpha value is -1.50. The van der Waals surface area contributed by atoms with Gasteiger partial charge in [-0.3, -0.25) is 0 Å². The van der Waals surface area contributed by atoms with Crippen LogP contribution in [0.15, 0.2) is 48.6 Å². The lowest BCUT2D eigenvalue weighted by Gasteiger charge is -2.28. The minimum atomic E-state index is 0.568. The van der Waals surface area contributed by atoms with E-state index in [-0.39, 0.29) is 0 Å². The fourth-order valence-corrected chi connectivity index (χ4v) is 4.92. The second-order valence-electron chi connectivity index (χ2n) is 9.02. The average molecular weight is 381 g/mol. The van der Waals surface area contributed by atoms with Crippen LogP contribution in [-0.4, -0.2) is 6.61 Å². The molecule has 2 atom stereocenters. The van der Waals surface area contributed by atoms with Crippen LogP contribution in [0.5, 0.6) is 5.75 Å². The molecular formula is C27H40O. The van der Waals surface area contributed by atoms with Crippen LogP contribution in [-0.2, 0) is 0 Å². The molecule has 0 N–H and O–H groups in total. The molecule has 0 saturated heterocycles. The Morgan fingerprint density at radius 3 is 2.29 bits per heavy atom. The van der Waals surface area contributed by atoms with E-state index in [1.54, 1.807) is 0 Å². The average Bonchev–Trinajstić information content (AvgIpc) is 2.75. The number of rotatable bonds is 9. The Labute approximate surface area is 173 Å². The van der Waals surface area contributed by atoms with E-state index in [4.69, 9.17) is 4.74 Å². The summed E-state index contributed by atoms with van der Waals surface area (Å²) in [5, 5.41) is 0. The normalized spacial score (nSPS) is 27.9. The van der Waals surface area contributed by atoms with Gasteiger partial charge in [-0.25, -0.2) is 0 Å². The molecule has 0 amide bonds. The summed E-state index contributed by atoms with van der Waals surface area (Å²) in [6, 6.07) is 8.89. The first kappa shape index (κ1) is 21.2. The maximum absolute atomic E-state index is 6.14. The second kappa shape index (κ2) is 11.5. The molecule has 2 unspecified atom stereocenters. The zero-order valence-corrected chi connectivity index (χ0v) is 18.1. The summed E-state index contributed by atoms with van der Waals surface area (Å²) in [6.45, 7) is 5.31. The summed E-state index contributed by atoms with van der Waals surface area (Å²) in [5.74, 6) is 3.98. The van der Waals surface area contributed by atoms with E-state index >= 15 is 0 Å². The molecule has 0 heterocycles. The van der Waals surface area contributed by atoms with Crippen molar-refractivity contribution in [3.63, 3.8) is 0 Å². The van der Waals surface area contributed by atoms with Crippen molar-refractivity contribution in [2.24, 2.45) is 17.8 Å². The number of allylic oxidation sites excluding steroid dienone is 4. The molecule has 1 heteroatoms. The molecule has 0 aliphatic heterocycles. The third-order valence-corrected chi connectivity index (χ3v) is 6.82. The number of ether oxygens (including phenoxy) is 1. The molecule has 1 saturated carbocycles. The SMILES string of the molecule is C/C=C/C1C=CC(c2ccc(OCC3CCC(CCCCC)CC3)cc2)CC1. The fourth-order valence-electron chi connectivity index (χ4n) is 4.92. The van der Waals surface area contributed by atoms with Crippen molar-refractivity contribution in [3.05, 3.63) is 54.1 Å². The van der Waals surface area contributed by atoms with Crippen molar-refractivity contribution in [2.75, 3.05) is 6.61 Å². The van der Waals surface area contributed by atoms with E-state index in [1.165, 1.54) is 69.8 Å². The molecule has 1 aromatic carbocycles. The van der Waals surface area contributed by atoms with Crippen molar-refractivity contribution >= 4 is 0 Å². The summed E-state index contributed by atoms with van der Waals surface area (Å²) in [5.41, 5.74) is 1.43. The van der Waals surface area contributed by atoms with Gasteiger partial charge in [0.15, 0.2) is 0 Å². The fraction of sp³-hybridized carbons (Fsp3) is 0.630. The predicted molar refractivity (Wildman–Crippen MR) is 121 cm³/mol. The Balaban J connectivity index is 1.39. The van der Waals surface area contributed by atoms with Crippen molar-refractivity contribution < 1.29 is 4.74 Å². The highest BCUT2D eigenvalue weighted by atomic mass is 16.5. The lowest BCUT2D eigenvalue weighted by molar-refractivity contribution is 0.177. The Bertz CT molecular complexity index is 604. The Morgan fingerprint density at radius 2 is 1.64 bits per heavy atom. The van der Waals surface area contributed by atoms with E-state index in [9.17, 15) is 0 Å². The minimum Gasteiger partial charge on any atom is -0.493 e. The van der Waals surface area contributed by atoms with Crippen molar-refractivity contribution in [2.45, 2.75) is 84.0 Å². The zero-order valence-electron chi connectivity index (χ0n) is 18.1. The standard InChI is InChI=1S/C27H40O/c1-3-5-6-8-23-9-11-24(12-10-23)21-28-27-19-17-26(18-20-27)25-15-13-22(7-4-2)14-16-25/h4,7,13,15,17-20,22-25H,3,5-6,8-12,14,16,21H2,1-2H3/b7-4+. The van der Waals surface area contributed by atoms with Crippen molar-refractivity contribution in [1.82, 2.24) is 0 Å². The number of unbranched alkanes of at least 4 members (excludes halogenated alkanes) is 2.